The highest BCUT2D eigenvalue weighted by atomic mass is 16.3. The quantitative estimate of drug-likeness (QED) is 0.790. The predicted molar refractivity (Wildman–Crippen MR) is 82.0 cm³/mol. The van der Waals surface area contributed by atoms with Gasteiger partial charge in [0.15, 0.2) is 0 Å². The van der Waals surface area contributed by atoms with Crippen LogP contribution in [0.5, 0.6) is 0 Å². The van der Waals surface area contributed by atoms with Gasteiger partial charge in [0.2, 0.25) is 5.91 Å². The van der Waals surface area contributed by atoms with Crippen LogP contribution in [0, 0.1) is 5.92 Å². The zero-order valence-electron chi connectivity index (χ0n) is 13.1. The number of β-amino-alcohol motifs (C(OH)–C–C–N with tert-alkyl or cyclic N) is 1. The van der Waals surface area contributed by atoms with Crippen LogP contribution in [-0.4, -0.2) is 71.7 Å². The number of hydrogen-bond donors (Lipinski definition) is 2. The summed E-state index contributed by atoms with van der Waals surface area (Å²) in [6.45, 7) is 6.34. The van der Waals surface area contributed by atoms with Gasteiger partial charge in [-0.25, -0.2) is 0 Å². The van der Waals surface area contributed by atoms with Gasteiger partial charge in [-0.2, -0.15) is 0 Å². The van der Waals surface area contributed by atoms with E-state index >= 15 is 0 Å². The molecule has 1 amide bonds. The van der Waals surface area contributed by atoms with Crippen LogP contribution < -0.4 is 5.32 Å². The fourth-order valence-corrected chi connectivity index (χ4v) is 3.58. The number of nitrogens with zero attached hydrogens (tertiary/aromatic N) is 2. The van der Waals surface area contributed by atoms with Gasteiger partial charge < -0.3 is 15.3 Å². The normalized spacial score (nSPS) is 33.0. The van der Waals surface area contributed by atoms with Crippen LogP contribution in [-0.2, 0) is 4.79 Å². The van der Waals surface area contributed by atoms with Crippen molar-refractivity contribution in [3.05, 3.63) is 0 Å². The van der Waals surface area contributed by atoms with Crippen LogP contribution in [0.4, 0.5) is 0 Å². The van der Waals surface area contributed by atoms with Crippen molar-refractivity contribution in [1.82, 2.24) is 15.1 Å². The Balaban J connectivity index is 1.36. The molecule has 2 heterocycles. The van der Waals surface area contributed by atoms with Crippen LogP contribution in [0.1, 0.15) is 39.0 Å². The maximum Gasteiger partial charge on any atom is 0.234 e. The Morgan fingerprint density at radius 3 is 2.48 bits per heavy atom. The zero-order chi connectivity index (χ0) is 14.8. The summed E-state index contributed by atoms with van der Waals surface area (Å²) in [4.78, 5) is 16.8. The smallest absolute Gasteiger partial charge is 0.234 e. The standard InChI is InChI=1S/C16H29N3O2/c1-12-4-7-18(10-15(12)20)11-16(21)17-13-5-8-19(9-6-13)14-2-3-14/h12-15,20H,2-11H2,1H3,(H,17,21). The molecule has 21 heavy (non-hydrogen) atoms. The molecule has 2 saturated heterocycles. The molecular formula is C16H29N3O2. The molecule has 0 aromatic heterocycles. The minimum atomic E-state index is -0.284. The fraction of sp³-hybridized carbons (Fsp3) is 0.938. The molecule has 3 fully saturated rings. The lowest BCUT2D eigenvalue weighted by Gasteiger charge is -2.35. The van der Waals surface area contributed by atoms with Gasteiger partial charge in [0.05, 0.1) is 12.6 Å². The molecule has 120 valence electrons. The van der Waals surface area contributed by atoms with Crippen molar-refractivity contribution in [1.29, 1.82) is 0 Å². The van der Waals surface area contributed by atoms with Gasteiger partial charge in [-0.15, -0.1) is 0 Å². The lowest BCUT2D eigenvalue weighted by molar-refractivity contribution is -0.124. The summed E-state index contributed by atoms with van der Waals surface area (Å²) < 4.78 is 0. The Bertz CT molecular complexity index is 365. The minimum absolute atomic E-state index is 0.127. The highest BCUT2D eigenvalue weighted by molar-refractivity contribution is 5.78. The summed E-state index contributed by atoms with van der Waals surface area (Å²) >= 11 is 0. The summed E-state index contributed by atoms with van der Waals surface area (Å²) in [6, 6.07) is 1.19. The van der Waals surface area contributed by atoms with Crippen molar-refractivity contribution in [2.45, 2.75) is 57.2 Å². The SMILES string of the molecule is CC1CCN(CC(=O)NC2CCN(C3CC3)CC2)CC1O. The molecule has 3 rings (SSSR count). The van der Waals surface area contributed by atoms with E-state index in [4.69, 9.17) is 0 Å². The fourth-order valence-electron chi connectivity index (χ4n) is 3.58. The molecule has 2 N–H and O–H groups in total. The molecule has 1 saturated carbocycles. The Labute approximate surface area is 127 Å². The van der Waals surface area contributed by atoms with E-state index in [-0.39, 0.29) is 12.0 Å². The van der Waals surface area contributed by atoms with Crippen molar-refractivity contribution in [3.8, 4) is 0 Å². The van der Waals surface area contributed by atoms with E-state index < -0.39 is 0 Å². The molecule has 2 atom stereocenters. The molecule has 0 aromatic rings. The molecule has 3 aliphatic rings. The molecule has 0 radical (unpaired) electrons. The second-order valence-corrected chi connectivity index (χ2v) is 7.18. The summed E-state index contributed by atoms with van der Waals surface area (Å²) in [5, 5.41) is 13.1. The van der Waals surface area contributed by atoms with Crippen molar-refractivity contribution in [2.75, 3.05) is 32.7 Å². The minimum Gasteiger partial charge on any atom is -0.392 e. The number of carbonyl (C=O) groups excluding carboxylic acids is 1. The molecular weight excluding hydrogens is 266 g/mol. The van der Waals surface area contributed by atoms with Gasteiger partial charge in [0, 0.05) is 31.7 Å². The van der Waals surface area contributed by atoms with E-state index in [1.807, 2.05) is 0 Å². The van der Waals surface area contributed by atoms with Crippen LogP contribution in [0.15, 0.2) is 0 Å². The molecule has 0 bridgehead atoms. The lowest BCUT2D eigenvalue weighted by Crippen LogP contribution is -2.50. The second kappa shape index (κ2) is 6.63. The third-order valence-electron chi connectivity index (χ3n) is 5.33. The van der Waals surface area contributed by atoms with Crippen LogP contribution in [0.3, 0.4) is 0 Å². The molecule has 0 aromatic carbocycles. The van der Waals surface area contributed by atoms with Crippen molar-refractivity contribution < 1.29 is 9.90 Å². The summed E-state index contributed by atoms with van der Waals surface area (Å²) in [5.74, 6) is 0.484. The number of aliphatic hydroxyl groups is 1. The Kier molecular flexibility index (Phi) is 4.82. The average molecular weight is 295 g/mol. The summed E-state index contributed by atoms with van der Waals surface area (Å²) in [5.41, 5.74) is 0. The Morgan fingerprint density at radius 1 is 1.14 bits per heavy atom. The Hall–Kier alpha value is -0.650. The molecule has 5 nitrogen and oxygen atoms in total. The first-order chi connectivity index (χ1) is 10.1. The molecule has 5 heteroatoms. The number of piperidine rings is 2. The monoisotopic (exact) mass is 295 g/mol. The van der Waals surface area contributed by atoms with Gasteiger partial charge in [0.25, 0.3) is 0 Å². The third kappa shape index (κ3) is 4.18. The predicted octanol–water partition coefficient (Wildman–Crippen LogP) is 0.432. The molecule has 2 unspecified atom stereocenters. The number of nitrogens with one attached hydrogen (secondary N) is 1. The second-order valence-electron chi connectivity index (χ2n) is 7.18. The Morgan fingerprint density at radius 2 is 1.86 bits per heavy atom. The van der Waals surface area contributed by atoms with Gasteiger partial charge in [0.1, 0.15) is 0 Å². The van der Waals surface area contributed by atoms with Crippen molar-refractivity contribution in [2.24, 2.45) is 5.92 Å². The van der Waals surface area contributed by atoms with E-state index in [2.05, 4.69) is 22.0 Å². The van der Waals surface area contributed by atoms with E-state index in [9.17, 15) is 9.90 Å². The topological polar surface area (TPSA) is 55.8 Å². The summed E-state index contributed by atoms with van der Waals surface area (Å²) in [7, 11) is 0. The number of amides is 1. The molecule has 2 aliphatic heterocycles. The van der Waals surface area contributed by atoms with Gasteiger partial charge in [-0.1, -0.05) is 6.92 Å². The first-order valence-electron chi connectivity index (χ1n) is 8.55. The highest BCUT2D eigenvalue weighted by Gasteiger charge is 2.32. The lowest BCUT2D eigenvalue weighted by atomic mass is 9.96. The van der Waals surface area contributed by atoms with E-state index in [1.54, 1.807) is 0 Å². The largest absolute Gasteiger partial charge is 0.392 e. The van der Waals surface area contributed by atoms with E-state index in [1.165, 1.54) is 12.8 Å². The highest BCUT2D eigenvalue weighted by Crippen LogP contribution is 2.29. The molecule has 1 aliphatic carbocycles. The first kappa shape index (κ1) is 15.3. The number of aliphatic hydroxyl groups excluding tert-OH is 1. The van der Waals surface area contributed by atoms with Gasteiger partial charge in [-0.3, -0.25) is 9.69 Å². The number of hydrogen-bond acceptors (Lipinski definition) is 4. The van der Waals surface area contributed by atoms with Crippen LogP contribution in [0.2, 0.25) is 0 Å². The maximum atomic E-state index is 12.1. The van der Waals surface area contributed by atoms with E-state index in [0.29, 0.717) is 25.0 Å². The average Bonchev–Trinajstić information content (AvgIpc) is 3.28. The number of carbonyl (C=O) groups is 1. The third-order valence-corrected chi connectivity index (χ3v) is 5.33. The van der Waals surface area contributed by atoms with Crippen molar-refractivity contribution in [3.63, 3.8) is 0 Å². The first-order valence-corrected chi connectivity index (χ1v) is 8.55. The summed E-state index contributed by atoms with van der Waals surface area (Å²) in [6.07, 6.45) is 5.60. The number of rotatable bonds is 4. The van der Waals surface area contributed by atoms with Gasteiger partial charge >= 0.3 is 0 Å². The zero-order valence-corrected chi connectivity index (χ0v) is 13.1. The maximum absolute atomic E-state index is 12.1. The number of likely N-dealkylation sites (tertiary alicyclic amines) is 2. The van der Waals surface area contributed by atoms with E-state index in [0.717, 1.165) is 44.9 Å². The van der Waals surface area contributed by atoms with Gasteiger partial charge in [-0.05, 0) is 44.6 Å². The molecule has 0 spiro atoms. The van der Waals surface area contributed by atoms with Crippen LogP contribution in [0.25, 0.3) is 0 Å². The van der Waals surface area contributed by atoms with Crippen molar-refractivity contribution >= 4 is 5.91 Å². The van der Waals surface area contributed by atoms with Crippen LogP contribution >= 0.6 is 0 Å².